The van der Waals surface area contributed by atoms with Crippen LogP contribution < -0.4 is 11.0 Å². The molecular formula is C5H11N3O. The molecule has 0 aromatic carbocycles. The average molecular weight is 129 g/mol. The van der Waals surface area contributed by atoms with Crippen molar-refractivity contribution in [2.45, 2.75) is 13.8 Å². The minimum Gasteiger partial charge on any atom is -0.307 e. The van der Waals surface area contributed by atoms with Crippen LogP contribution in [-0.4, -0.2) is 10.4 Å². The van der Waals surface area contributed by atoms with Gasteiger partial charge in [-0.1, -0.05) is 13.8 Å². The van der Waals surface area contributed by atoms with Gasteiger partial charge in [0, 0.05) is 6.20 Å². The third kappa shape index (κ3) is 1.14. The van der Waals surface area contributed by atoms with Crippen LogP contribution in [0.5, 0.6) is 0 Å². The Kier molecular flexibility index (Phi) is 1.59. The highest BCUT2D eigenvalue weighted by Crippen LogP contribution is 2.11. The quantitative estimate of drug-likeness (QED) is 0.473. The molecule has 1 rings (SSSR count). The van der Waals surface area contributed by atoms with Crippen LogP contribution in [0, 0.1) is 5.92 Å². The van der Waals surface area contributed by atoms with Crippen molar-refractivity contribution in [2.75, 3.05) is 0 Å². The smallest absolute Gasteiger partial charge is 0.0809 e. The molecule has 0 saturated heterocycles. The van der Waals surface area contributed by atoms with Gasteiger partial charge in [-0.15, -0.1) is 5.53 Å². The van der Waals surface area contributed by atoms with Gasteiger partial charge in [0.15, 0.2) is 0 Å². The van der Waals surface area contributed by atoms with Gasteiger partial charge in [0.25, 0.3) is 0 Å². The summed E-state index contributed by atoms with van der Waals surface area (Å²) in [7, 11) is 0. The van der Waals surface area contributed by atoms with Crippen LogP contribution in [0.4, 0.5) is 0 Å². The Morgan fingerprint density at radius 1 is 1.67 bits per heavy atom. The summed E-state index contributed by atoms with van der Waals surface area (Å²) in [5.74, 6) is 0.331. The molecule has 0 aromatic rings. The highest BCUT2D eigenvalue weighted by atomic mass is 16.6. The van der Waals surface area contributed by atoms with E-state index in [0.29, 0.717) is 5.92 Å². The van der Waals surface area contributed by atoms with Crippen molar-refractivity contribution in [3.8, 4) is 0 Å². The lowest BCUT2D eigenvalue weighted by atomic mass is 10.2. The number of hydroxylamine groups is 1. The molecule has 4 heteroatoms. The Labute approximate surface area is 54.1 Å². The largest absolute Gasteiger partial charge is 0.307 e. The van der Waals surface area contributed by atoms with Crippen molar-refractivity contribution in [2.24, 2.45) is 5.92 Å². The maximum Gasteiger partial charge on any atom is 0.0809 e. The highest BCUT2D eigenvalue weighted by molar-refractivity contribution is 5.01. The number of hydrogen-bond acceptors (Lipinski definition) is 4. The molecule has 0 radical (unpaired) electrons. The first-order chi connectivity index (χ1) is 4.22. The molecule has 0 aromatic heterocycles. The Bertz CT molecular complexity index is 132. The number of nitrogens with zero attached hydrogens (tertiary/aromatic N) is 1. The normalized spacial score (nSPS) is 18.2. The van der Waals surface area contributed by atoms with Gasteiger partial charge in [0.05, 0.1) is 5.70 Å². The molecular weight excluding hydrogens is 118 g/mol. The molecule has 0 spiro atoms. The third-order valence-electron chi connectivity index (χ3n) is 1.23. The molecule has 1 heterocycles. The van der Waals surface area contributed by atoms with Crippen LogP contribution in [0.15, 0.2) is 11.9 Å². The standard InChI is InChI=1S/C5H11N3O/c1-4(2)5-3-6-7-8(5)9/h3-4,6-7,9H,1-2H3. The monoisotopic (exact) mass is 129 g/mol. The fraction of sp³-hybridized carbons (Fsp3) is 0.600. The van der Waals surface area contributed by atoms with E-state index in [4.69, 9.17) is 5.21 Å². The third-order valence-corrected chi connectivity index (χ3v) is 1.23. The van der Waals surface area contributed by atoms with Gasteiger partial charge in [-0.05, 0) is 5.92 Å². The van der Waals surface area contributed by atoms with Crippen molar-refractivity contribution >= 4 is 0 Å². The summed E-state index contributed by atoms with van der Waals surface area (Å²) in [6.45, 7) is 4.01. The first-order valence-electron chi connectivity index (χ1n) is 2.92. The summed E-state index contributed by atoms with van der Waals surface area (Å²) >= 11 is 0. The van der Waals surface area contributed by atoms with Crippen molar-refractivity contribution in [3.05, 3.63) is 11.9 Å². The summed E-state index contributed by atoms with van der Waals surface area (Å²) in [6.07, 6.45) is 1.73. The van der Waals surface area contributed by atoms with Gasteiger partial charge < -0.3 is 5.43 Å². The Hall–Kier alpha value is -0.740. The van der Waals surface area contributed by atoms with Crippen molar-refractivity contribution in [1.29, 1.82) is 0 Å². The van der Waals surface area contributed by atoms with Gasteiger partial charge >= 0.3 is 0 Å². The lowest BCUT2D eigenvalue weighted by Gasteiger charge is -2.14. The summed E-state index contributed by atoms with van der Waals surface area (Å²) in [5.41, 5.74) is 6.01. The number of hydrogen-bond donors (Lipinski definition) is 3. The number of nitrogens with one attached hydrogen (secondary N) is 2. The first kappa shape index (κ1) is 6.38. The number of allylic oxidation sites excluding steroid dienone is 1. The zero-order chi connectivity index (χ0) is 6.85. The Morgan fingerprint density at radius 2 is 2.33 bits per heavy atom. The molecule has 0 fully saturated rings. The second kappa shape index (κ2) is 2.24. The predicted octanol–water partition coefficient (Wildman–Crippen LogP) is 0.198. The molecule has 0 amide bonds. The fourth-order valence-electron chi connectivity index (χ4n) is 0.704. The van der Waals surface area contributed by atoms with Crippen molar-refractivity contribution in [1.82, 2.24) is 16.1 Å². The summed E-state index contributed by atoms with van der Waals surface area (Å²) in [5, 5.41) is 9.93. The second-order valence-electron chi connectivity index (χ2n) is 2.29. The van der Waals surface area contributed by atoms with Crippen LogP contribution in [0.1, 0.15) is 13.8 Å². The molecule has 0 aliphatic carbocycles. The zero-order valence-electron chi connectivity index (χ0n) is 5.55. The Balaban J connectivity index is 2.57. The SMILES string of the molecule is CC(C)C1=CNNN1O. The minimum atomic E-state index is 0.331. The highest BCUT2D eigenvalue weighted by Gasteiger charge is 2.14. The van der Waals surface area contributed by atoms with Crippen LogP contribution in [0.3, 0.4) is 0 Å². The van der Waals surface area contributed by atoms with E-state index in [-0.39, 0.29) is 0 Å². The van der Waals surface area contributed by atoms with E-state index >= 15 is 0 Å². The molecule has 0 saturated carbocycles. The molecule has 4 nitrogen and oxygen atoms in total. The van der Waals surface area contributed by atoms with Crippen LogP contribution >= 0.6 is 0 Å². The van der Waals surface area contributed by atoms with Crippen LogP contribution in [-0.2, 0) is 0 Å². The van der Waals surface area contributed by atoms with Gasteiger partial charge in [0.1, 0.15) is 0 Å². The van der Waals surface area contributed by atoms with Crippen molar-refractivity contribution < 1.29 is 5.21 Å². The fourth-order valence-corrected chi connectivity index (χ4v) is 0.704. The summed E-state index contributed by atoms with van der Waals surface area (Å²) in [4.78, 5) is 0. The van der Waals surface area contributed by atoms with Gasteiger partial charge in [-0.2, -0.15) is 5.17 Å². The number of rotatable bonds is 1. The van der Waals surface area contributed by atoms with Crippen LogP contribution in [0.2, 0.25) is 0 Å². The minimum absolute atomic E-state index is 0.331. The van der Waals surface area contributed by atoms with E-state index in [1.807, 2.05) is 13.8 Å². The molecule has 3 N–H and O–H groups in total. The maximum atomic E-state index is 8.95. The van der Waals surface area contributed by atoms with Crippen LogP contribution in [0.25, 0.3) is 0 Å². The molecule has 1 aliphatic heterocycles. The Morgan fingerprint density at radius 3 is 2.56 bits per heavy atom. The predicted molar refractivity (Wildman–Crippen MR) is 32.8 cm³/mol. The first-order valence-corrected chi connectivity index (χ1v) is 2.92. The zero-order valence-corrected chi connectivity index (χ0v) is 5.55. The topological polar surface area (TPSA) is 47.5 Å². The average Bonchev–Trinajstić information content (AvgIpc) is 2.13. The summed E-state index contributed by atoms with van der Waals surface area (Å²) in [6, 6.07) is 0. The van der Waals surface area contributed by atoms with E-state index in [9.17, 15) is 0 Å². The van der Waals surface area contributed by atoms with E-state index in [2.05, 4.69) is 11.0 Å². The number of hydrazine groups is 2. The van der Waals surface area contributed by atoms with Gasteiger partial charge in [0.2, 0.25) is 0 Å². The molecule has 0 unspecified atom stereocenters. The van der Waals surface area contributed by atoms with E-state index in [0.717, 1.165) is 10.9 Å². The van der Waals surface area contributed by atoms with Gasteiger partial charge in [-0.25, -0.2) is 0 Å². The van der Waals surface area contributed by atoms with E-state index < -0.39 is 0 Å². The van der Waals surface area contributed by atoms with Crippen molar-refractivity contribution in [3.63, 3.8) is 0 Å². The molecule has 9 heavy (non-hydrogen) atoms. The van der Waals surface area contributed by atoms with E-state index in [1.165, 1.54) is 0 Å². The molecule has 52 valence electrons. The molecule has 1 aliphatic rings. The lowest BCUT2D eigenvalue weighted by molar-refractivity contribution is -0.106. The molecule has 0 atom stereocenters. The summed E-state index contributed by atoms with van der Waals surface area (Å²) < 4.78 is 0. The maximum absolute atomic E-state index is 8.95. The lowest BCUT2D eigenvalue weighted by Crippen LogP contribution is -2.35. The second-order valence-corrected chi connectivity index (χ2v) is 2.29. The van der Waals surface area contributed by atoms with Gasteiger partial charge in [-0.3, -0.25) is 5.21 Å². The molecule has 0 bridgehead atoms. The van der Waals surface area contributed by atoms with E-state index in [1.54, 1.807) is 6.20 Å².